The summed E-state index contributed by atoms with van der Waals surface area (Å²) in [5.41, 5.74) is 0. The molecule has 0 aromatic carbocycles. The van der Waals surface area contributed by atoms with Gasteiger partial charge in [0.25, 0.3) is 0 Å². The van der Waals surface area contributed by atoms with Gasteiger partial charge < -0.3 is 5.11 Å². The molecule has 1 aliphatic carbocycles. The quantitative estimate of drug-likeness (QED) is 0.601. The van der Waals surface area contributed by atoms with Crippen molar-refractivity contribution < 1.29 is 5.11 Å². The van der Waals surface area contributed by atoms with Crippen molar-refractivity contribution >= 4 is 0 Å². The molecule has 0 aliphatic heterocycles. The van der Waals surface area contributed by atoms with Gasteiger partial charge in [-0.3, -0.25) is 0 Å². The molecule has 0 aromatic rings. The van der Waals surface area contributed by atoms with Gasteiger partial charge in [0.2, 0.25) is 0 Å². The van der Waals surface area contributed by atoms with E-state index in [-0.39, 0.29) is 0 Å². The van der Waals surface area contributed by atoms with Crippen LogP contribution >= 0.6 is 0 Å². The summed E-state index contributed by atoms with van der Waals surface area (Å²) in [5, 5.41) is 8.87. The van der Waals surface area contributed by atoms with Crippen LogP contribution in [0.3, 0.4) is 0 Å². The lowest BCUT2D eigenvalue weighted by Gasteiger charge is -2.13. The zero-order chi connectivity index (χ0) is 6.69. The average Bonchev–Trinajstić information content (AvgIpc) is 2.33. The second kappa shape index (κ2) is 3.21. The lowest BCUT2D eigenvalue weighted by Crippen LogP contribution is -2.10. The van der Waals surface area contributed by atoms with E-state index in [2.05, 4.69) is 6.92 Å². The Morgan fingerprint density at radius 3 is 2.44 bits per heavy atom. The molecule has 1 saturated carbocycles. The van der Waals surface area contributed by atoms with E-state index in [0.717, 1.165) is 5.92 Å². The summed E-state index contributed by atoms with van der Waals surface area (Å²) in [6.07, 6.45) is 5.20. The van der Waals surface area contributed by atoms with Gasteiger partial charge in [-0.2, -0.15) is 0 Å². The highest BCUT2D eigenvalue weighted by molar-refractivity contribution is 4.75. The first-order valence-electron chi connectivity index (χ1n) is 3.99. The van der Waals surface area contributed by atoms with Crippen molar-refractivity contribution in [3.05, 3.63) is 0 Å². The molecule has 1 N–H and O–H groups in total. The molecule has 0 amide bonds. The minimum atomic E-state index is 0.415. The Balaban J connectivity index is 2.32. The van der Waals surface area contributed by atoms with Crippen LogP contribution in [-0.2, 0) is 0 Å². The van der Waals surface area contributed by atoms with E-state index in [1.165, 1.54) is 25.7 Å². The van der Waals surface area contributed by atoms with Gasteiger partial charge in [0.1, 0.15) is 0 Å². The fourth-order valence-electron chi connectivity index (χ4n) is 1.89. The van der Waals surface area contributed by atoms with Gasteiger partial charge in [-0.1, -0.05) is 26.2 Å². The summed E-state index contributed by atoms with van der Waals surface area (Å²) in [4.78, 5) is 0. The van der Waals surface area contributed by atoms with Crippen molar-refractivity contribution in [1.29, 1.82) is 0 Å². The van der Waals surface area contributed by atoms with Crippen LogP contribution in [0.25, 0.3) is 0 Å². The SMILES string of the molecule is CC[C@H]1CCC[C@@H]1CO. The lowest BCUT2D eigenvalue weighted by atomic mass is 9.95. The highest BCUT2D eigenvalue weighted by atomic mass is 16.3. The largest absolute Gasteiger partial charge is 0.396 e. The van der Waals surface area contributed by atoms with E-state index >= 15 is 0 Å². The van der Waals surface area contributed by atoms with Crippen molar-refractivity contribution in [3.8, 4) is 0 Å². The van der Waals surface area contributed by atoms with Gasteiger partial charge >= 0.3 is 0 Å². The second-order valence-electron chi connectivity index (χ2n) is 3.04. The molecule has 0 unspecified atom stereocenters. The fraction of sp³-hybridized carbons (Fsp3) is 1.00. The molecule has 1 heteroatoms. The molecule has 54 valence electrons. The van der Waals surface area contributed by atoms with E-state index in [9.17, 15) is 0 Å². The number of rotatable bonds is 2. The minimum Gasteiger partial charge on any atom is -0.396 e. The second-order valence-corrected chi connectivity index (χ2v) is 3.04. The minimum absolute atomic E-state index is 0.415. The molecule has 0 saturated heterocycles. The molecular formula is C8H16O. The zero-order valence-electron chi connectivity index (χ0n) is 6.14. The molecule has 0 spiro atoms. The van der Waals surface area contributed by atoms with Crippen molar-refractivity contribution in [3.63, 3.8) is 0 Å². The number of aliphatic hydroxyl groups is 1. The molecule has 0 aromatic heterocycles. The number of hydrogen-bond acceptors (Lipinski definition) is 1. The predicted octanol–water partition coefficient (Wildman–Crippen LogP) is 1.81. The van der Waals surface area contributed by atoms with Crippen molar-refractivity contribution in [2.45, 2.75) is 32.6 Å². The van der Waals surface area contributed by atoms with Crippen LogP contribution in [0.15, 0.2) is 0 Å². The van der Waals surface area contributed by atoms with Crippen LogP contribution in [-0.4, -0.2) is 11.7 Å². The van der Waals surface area contributed by atoms with Crippen LogP contribution in [0.2, 0.25) is 0 Å². The Kier molecular flexibility index (Phi) is 2.52. The molecule has 9 heavy (non-hydrogen) atoms. The van der Waals surface area contributed by atoms with Crippen molar-refractivity contribution in [2.75, 3.05) is 6.61 Å². The van der Waals surface area contributed by atoms with Crippen molar-refractivity contribution in [2.24, 2.45) is 11.8 Å². The molecule has 1 aliphatic rings. The Bertz CT molecular complexity index is 70.6. The third-order valence-electron chi connectivity index (χ3n) is 2.58. The molecule has 0 heterocycles. The monoisotopic (exact) mass is 128 g/mol. The van der Waals surface area contributed by atoms with E-state index < -0.39 is 0 Å². The van der Waals surface area contributed by atoms with Gasteiger partial charge in [-0.05, 0) is 18.3 Å². The molecule has 1 nitrogen and oxygen atoms in total. The van der Waals surface area contributed by atoms with E-state index in [0.29, 0.717) is 12.5 Å². The summed E-state index contributed by atoms with van der Waals surface area (Å²) in [7, 11) is 0. The maximum atomic E-state index is 8.87. The molecule has 0 bridgehead atoms. The maximum Gasteiger partial charge on any atom is 0.0461 e. The highest BCUT2D eigenvalue weighted by Gasteiger charge is 2.24. The Morgan fingerprint density at radius 2 is 2.00 bits per heavy atom. The molecule has 1 rings (SSSR count). The third kappa shape index (κ3) is 1.45. The van der Waals surface area contributed by atoms with E-state index in [4.69, 9.17) is 5.11 Å². The van der Waals surface area contributed by atoms with Gasteiger partial charge in [-0.25, -0.2) is 0 Å². The van der Waals surface area contributed by atoms with Crippen LogP contribution in [0.4, 0.5) is 0 Å². The first-order chi connectivity index (χ1) is 4.38. The van der Waals surface area contributed by atoms with Crippen LogP contribution in [0, 0.1) is 11.8 Å². The topological polar surface area (TPSA) is 20.2 Å². The van der Waals surface area contributed by atoms with Gasteiger partial charge in [-0.15, -0.1) is 0 Å². The average molecular weight is 128 g/mol. The molecular weight excluding hydrogens is 112 g/mol. The van der Waals surface area contributed by atoms with E-state index in [1.54, 1.807) is 0 Å². The Labute approximate surface area is 57.1 Å². The number of hydrogen-bond donors (Lipinski definition) is 1. The standard InChI is InChI=1S/C8H16O/c1-2-7-4-3-5-8(7)6-9/h7-9H,2-6H2,1H3/t7-,8+/m0/s1. The predicted molar refractivity (Wildman–Crippen MR) is 38.2 cm³/mol. The molecule has 0 radical (unpaired) electrons. The summed E-state index contributed by atoms with van der Waals surface area (Å²) in [5.74, 6) is 1.46. The lowest BCUT2D eigenvalue weighted by molar-refractivity contribution is 0.192. The van der Waals surface area contributed by atoms with E-state index in [1.807, 2.05) is 0 Å². The van der Waals surface area contributed by atoms with Crippen molar-refractivity contribution in [1.82, 2.24) is 0 Å². The zero-order valence-corrected chi connectivity index (χ0v) is 6.14. The summed E-state index contributed by atoms with van der Waals surface area (Å²) in [6, 6.07) is 0. The third-order valence-corrected chi connectivity index (χ3v) is 2.58. The first-order valence-corrected chi connectivity index (χ1v) is 3.99. The summed E-state index contributed by atoms with van der Waals surface area (Å²) < 4.78 is 0. The fourth-order valence-corrected chi connectivity index (χ4v) is 1.89. The molecule has 2 atom stereocenters. The smallest absolute Gasteiger partial charge is 0.0461 e. The van der Waals surface area contributed by atoms with Crippen LogP contribution in [0.1, 0.15) is 32.6 Å². The maximum absolute atomic E-state index is 8.87. The van der Waals surface area contributed by atoms with Gasteiger partial charge in [0.05, 0.1) is 0 Å². The Hall–Kier alpha value is -0.0400. The summed E-state index contributed by atoms with van der Waals surface area (Å²) in [6.45, 7) is 2.64. The van der Waals surface area contributed by atoms with Crippen LogP contribution in [0.5, 0.6) is 0 Å². The molecule has 1 fully saturated rings. The van der Waals surface area contributed by atoms with Crippen LogP contribution < -0.4 is 0 Å². The first kappa shape index (κ1) is 7.07. The Morgan fingerprint density at radius 1 is 1.33 bits per heavy atom. The number of aliphatic hydroxyl groups excluding tert-OH is 1. The highest BCUT2D eigenvalue weighted by Crippen LogP contribution is 2.33. The van der Waals surface area contributed by atoms with Gasteiger partial charge in [0, 0.05) is 6.61 Å². The summed E-state index contributed by atoms with van der Waals surface area (Å²) >= 11 is 0. The van der Waals surface area contributed by atoms with Gasteiger partial charge in [0.15, 0.2) is 0 Å². The normalized spacial score (nSPS) is 35.3.